The topological polar surface area (TPSA) is 23.8 Å². The molecule has 3 rings (SSSR count). The maximum absolute atomic E-state index is 9.28. The molecule has 0 bridgehead atoms. The summed E-state index contributed by atoms with van der Waals surface area (Å²) in [5.74, 6) is 0.772. The van der Waals surface area contributed by atoms with E-state index in [1.165, 1.54) is 0 Å². The van der Waals surface area contributed by atoms with E-state index in [0.717, 1.165) is 28.2 Å². The van der Waals surface area contributed by atoms with E-state index in [1.54, 1.807) is 0 Å². The first-order valence-electron chi connectivity index (χ1n) is 5.21. The van der Waals surface area contributed by atoms with Crippen LogP contribution in [0.2, 0.25) is 0 Å². The molecule has 76 valence electrons. The number of nitrogens with zero attached hydrogens (tertiary/aromatic N) is 1. The third kappa shape index (κ3) is 3.16. The van der Waals surface area contributed by atoms with Crippen molar-refractivity contribution in [1.82, 2.24) is 0 Å². The molecule has 0 N–H and O–H groups in total. The maximum atomic E-state index is 9.28. The molecule has 0 amide bonds. The summed E-state index contributed by atoms with van der Waals surface area (Å²) in [7, 11) is 0. The molecule has 0 atom stereocenters. The average molecular weight is 281 g/mol. The van der Waals surface area contributed by atoms with Crippen LogP contribution in [0.25, 0.3) is 0 Å². The van der Waals surface area contributed by atoms with E-state index in [1.807, 2.05) is 48.5 Å². The van der Waals surface area contributed by atoms with Crippen LogP contribution in [-0.2, 0) is 0 Å². The second-order valence-corrected chi connectivity index (χ2v) is 3.81. The second-order valence-electron chi connectivity index (χ2n) is 3.81. The first-order chi connectivity index (χ1) is 7.90. The molecule has 1 aliphatic carbocycles. The summed E-state index contributed by atoms with van der Waals surface area (Å²) < 4.78 is 0. The van der Waals surface area contributed by atoms with Crippen molar-refractivity contribution in [1.29, 1.82) is 5.26 Å². The molecule has 18 heavy (non-hydrogen) atoms. The third-order valence-electron chi connectivity index (χ3n) is 2.88. The van der Waals surface area contributed by atoms with Crippen molar-refractivity contribution in [3.63, 3.8) is 0 Å². The fraction of sp³-hybridized carbons (Fsp3) is 0. The molecule has 0 aromatic heterocycles. The maximum Gasteiger partial charge on any atom is 1.00 e. The molecule has 3 heteroatoms. The van der Waals surface area contributed by atoms with Crippen LogP contribution in [0.5, 0.6) is 0 Å². The molecule has 0 saturated carbocycles. The largest absolute Gasteiger partial charge is 1.00 e. The monoisotopic (exact) mass is 281 g/mol. The smallest absolute Gasteiger partial charge is 0.203 e. The van der Waals surface area contributed by atoms with E-state index in [4.69, 9.17) is 0 Å². The quantitative estimate of drug-likeness (QED) is 0.376. The van der Waals surface area contributed by atoms with Crippen LogP contribution >= 0.6 is 0 Å². The summed E-state index contributed by atoms with van der Waals surface area (Å²) in [5, 5.41) is 9.28. The molecule has 2 aromatic carbocycles. The summed E-state index contributed by atoms with van der Waals surface area (Å²) in [6.07, 6.45) is 2.13. The zero-order valence-corrected chi connectivity index (χ0v) is 16.9. The summed E-state index contributed by atoms with van der Waals surface area (Å²) in [6.45, 7) is 0. The predicted octanol–water partition coefficient (Wildman–Crippen LogP) is -2.90. The minimum Gasteiger partial charge on any atom is -0.203 e. The number of hydrogen-bond acceptors (Lipinski definition) is 1. The molecule has 0 fully saturated rings. The Bertz CT molecular complexity index is 542. The van der Waals surface area contributed by atoms with Crippen LogP contribution in [0.15, 0.2) is 48.5 Å². The number of benzene rings is 2. The zero-order valence-electron chi connectivity index (χ0n) is 10.6. The van der Waals surface area contributed by atoms with E-state index in [2.05, 4.69) is 12.5 Å². The van der Waals surface area contributed by atoms with Crippen LogP contribution in [0.1, 0.15) is 22.3 Å². The van der Waals surface area contributed by atoms with Crippen LogP contribution in [0.3, 0.4) is 0 Å². The molecular weight excluding hydrogens is 272 g/mol. The Balaban J connectivity index is 0.000000810. The summed E-state index contributed by atoms with van der Waals surface area (Å²) in [5.41, 5.74) is 4.31. The van der Waals surface area contributed by atoms with Gasteiger partial charge in [0.15, 0.2) is 0 Å². The van der Waals surface area contributed by atoms with Crippen LogP contribution in [0, 0.1) is 23.7 Å². The van der Waals surface area contributed by atoms with Gasteiger partial charge in [-0.15, -0.1) is 24.3 Å². The van der Waals surface area contributed by atoms with Crippen molar-refractivity contribution in [2.24, 2.45) is 0 Å². The Morgan fingerprint density at radius 2 is 1.28 bits per heavy atom. The van der Waals surface area contributed by atoms with Gasteiger partial charge < -0.3 is 0 Å². The first-order valence-corrected chi connectivity index (χ1v) is 5.21. The fourth-order valence-corrected chi connectivity index (χ4v) is 2.13. The molecule has 0 radical (unpaired) electrons. The summed E-state index contributed by atoms with van der Waals surface area (Å²) in [4.78, 5) is 0. The Labute approximate surface area is 193 Å². The molecule has 1 nitrogen and oxygen atoms in total. The van der Waals surface area contributed by atoms with Crippen molar-refractivity contribution < 1.29 is 103 Å². The van der Waals surface area contributed by atoms with E-state index < -0.39 is 0 Å². The Morgan fingerprint density at radius 1 is 0.833 bits per heavy atom. The van der Waals surface area contributed by atoms with E-state index in [-0.39, 0.29) is 103 Å². The number of rotatable bonds is 0. The van der Waals surface area contributed by atoms with Gasteiger partial charge in [0.25, 0.3) is 0 Å². The standard InChI is InChI=1S/C15H9N.2K/c16-10-15-13-7-3-1-5-11(13)9-12-6-2-4-8-14(12)15;;/h1-9H;;/q-2;2*+1. The number of hydrogen-bond donors (Lipinski definition) is 0. The molecule has 0 unspecified atom stereocenters. The van der Waals surface area contributed by atoms with Crippen LogP contribution < -0.4 is 103 Å². The van der Waals surface area contributed by atoms with Crippen LogP contribution in [-0.4, -0.2) is 0 Å². The molecule has 0 spiro atoms. The van der Waals surface area contributed by atoms with E-state index >= 15 is 0 Å². The van der Waals surface area contributed by atoms with E-state index in [9.17, 15) is 5.26 Å². The molecule has 0 heterocycles. The molecule has 0 saturated heterocycles. The van der Waals surface area contributed by atoms with Crippen LogP contribution in [0.4, 0.5) is 0 Å². The first kappa shape index (κ1) is 17.0. The van der Waals surface area contributed by atoms with Crippen molar-refractivity contribution in [3.8, 4) is 6.07 Å². The third-order valence-corrected chi connectivity index (χ3v) is 2.88. The fourth-order valence-electron chi connectivity index (χ4n) is 2.13. The second kappa shape index (κ2) is 7.65. The van der Waals surface area contributed by atoms with Crippen molar-refractivity contribution in [2.75, 3.05) is 0 Å². The average Bonchev–Trinajstić information content (AvgIpc) is 2.36. The van der Waals surface area contributed by atoms with Gasteiger partial charge in [-0.25, -0.2) is 5.26 Å². The van der Waals surface area contributed by atoms with Gasteiger partial charge in [-0.05, 0) is 0 Å². The Morgan fingerprint density at radius 3 is 1.72 bits per heavy atom. The number of nitriles is 1. The molecule has 0 aliphatic heterocycles. The minimum atomic E-state index is 0. The zero-order chi connectivity index (χ0) is 11.0. The Kier molecular flexibility index (Phi) is 7.23. The normalized spacial score (nSPS) is 10.7. The van der Waals surface area contributed by atoms with Gasteiger partial charge in [0.05, 0.1) is 0 Å². The van der Waals surface area contributed by atoms with Crippen molar-refractivity contribution in [2.45, 2.75) is 0 Å². The summed E-state index contributed by atoms with van der Waals surface area (Å²) >= 11 is 0. The molecule has 1 aliphatic rings. The SMILES string of the molecule is N#C[C-]1c2ccccc2[CH-]c2ccccc21.[K+].[K+]. The minimum absolute atomic E-state index is 0. The molecule has 2 aromatic rings. The van der Waals surface area contributed by atoms with Gasteiger partial charge in [0.1, 0.15) is 0 Å². The van der Waals surface area contributed by atoms with E-state index in [0.29, 0.717) is 0 Å². The number of fused-ring (bicyclic) bond motifs is 2. The van der Waals surface area contributed by atoms with Crippen molar-refractivity contribution in [3.05, 3.63) is 83.1 Å². The van der Waals surface area contributed by atoms with Gasteiger partial charge in [-0.2, -0.15) is 52.9 Å². The van der Waals surface area contributed by atoms with Gasteiger partial charge in [0.2, 0.25) is 0 Å². The van der Waals surface area contributed by atoms with Crippen molar-refractivity contribution >= 4 is 0 Å². The summed E-state index contributed by atoms with van der Waals surface area (Å²) in [6, 6.07) is 18.3. The van der Waals surface area contributed by atoms with Gasteiger partial charge in [-0.3, -0.25) is 0 Å². The predicted molar refractivity (Wildman–Crippen MR) is 62.4 cm³/mol. The Hall–Kier alpha value is 0.943. The van der Waals surface area contributed by atoms with Gasteiger partial charge >= 0.3 is 103 Å². The molecular formula is C15H9K2N. The van der Waals surface area contributed by atoms with Gasteiger partial charge in [-0.1, -0.05) is 5.92 Å². The van der Waals surface area contributed by atoms with Gasteiger partial charge in [0, 0.05) is 6.07 Å².